The smallest absolute Gasteiger partial charge is 0.258 e. The summed E-state index contributed by atoms with van der Waals surface area (Å²) < 4.78 is 0.933. The molecule has 5 nitrogen and oxygen atoms in total. The Balaban J connectivity index is 1.62. The number of fused-ring (bicyclic) bond motifs is 1. The fourth-order valence-corrected chi connectivity index (χ4v) is 4.24. The fourth-order valence-electron chi connectivity index (χ4n) is 3.88. The molecule has 3 aromatic carbocycles. The van der Waals surface area contributed by atoms with Crippen molar-refractivity contribution in [3.8, 4) is 0 Å². The van der Waals surface area contributed by atoms with Crippen molar-refractivity contribution < 1.29 is 4.79 Å². The van der Waals surface area contributed by atoms with Gasteiger partial charge in [-0.3, -0.25) is 4.79 Å². The lowest BCUT2D eigenvalue weighted by molar-refractivity contribution is -0.110. The number of benzene rings is 3. The molecule has 1 amide bonds. The Morgan fingerprint density at radius 3 is 2.36 bits per heavy atom. The summed E-state index contributed by atoms with van der Waals surface area (Å²) in [6.45, 7) is 2.94. The number of anilines is 2. The zero-order valence-electron chi connectivity index (χ0n) is 19.2. The SMILES string of the molecule is CN(C)CCN(C)Cc1ccc(N/C(=C2\C(=O)Nc3cc(Br)ccc32)c2ccccc2)cc1. The Hall–Kier alpha value is -2.93. The second kappa shape index (κ2) is 10.3. The first kappa shape index (κ1) is 23.2. The van der Waals surface area contributed by atoms with Crippen LogP contribution in [0.25, 0.3) is 11.3 Å². The molecule has 1 heterocycles. The van der Waals surface area contributed by atoms with Gasteiger partial charge in [0.25, 0.3) is 5.91 Å². The minimum Gasteiger partial charge on any atom is -0.354 e. The molecule has 1 aliphatic heterocycles. The van der Waals surface area contributed by atoms with Crippen LogP contribution in [0.3, 0.4) is 0 Å². The van der Waals surface area contributed by atoms with Gasteiger partial charge in [0.15, 0.2) is 0 Å². The van der Waals surface area contributed by atoms with E-state index in [9.17, 15) is 4.79 Å². The quantitative estimate of drug-likeness (QED) is 0.404. The number of carbonyl (C=O) groups is 1. The molecular formula is C27H29BrN4O. The summed E-state index contributed by atoms with van der Waals surface area (Å²) in [4.78, 5) is 17.5. The van der Waals surface area contributed by atoms with Crippen LogP contribution in [0, 0.1) is 0 Å². The average Bonchev–Trinajstić information content (AvgIpc) is 3.12. The maximum Gasteiger partial charge on any atom is 0.258 e. The van der Waals surface area contributed by atoms with E-state index >= 15 is 0 Å². The monoisotopic (exact) mass is 504 g/mol. The number of hydrogen-bond acceptors (Lipinski definition) is 4. The molecule has 0 saturated heterocycles. The second-order valence-electron chi connectivity index (χ2n) is 8.62. The first-order valence-electron chi connectivity index (χ1n) is 11.0. The van der Waals surface area contributed by atoms with Gasteiger partial charge in [-0.1, -0.05) is 64.5 Å². The molecule has 1 aliphatic rings. The molecule has 0 unspecified atom stereocenters. The van der Waals surface area contributed by atoms with Crippen LogP contribution >= 0.6 is 15.9 Å². The van der Waals surface area contributed by atoms with E-state index in [0.29, 0.717) is 5.57 Å². The summed E-state index contributed by atoms with van der Waals surface area (Å²) in [5.74, 6) is -0.103. The molecule has 0 saturated carbocycles. The van der Waals surface area contributed by atoms with Crippen LogP contribution < -0.4 is 10.6 Å². The number of halogens is 1. The predicted molar refractivity (Wildman–Crippen MR) is 141 cm³/mol. The van der Waals surface area contributed by atoms with Crippen molar-refractivity contribution in [1.82, 2.24) is 9.80 Å². The van der Waals surface area contributed by atoms with Crippen LogP contribution in [0.5, 0.6) is 0 Å². The molecule has 0 aliphatic carbocycles. The van der Waals surface area contributed by atoms with E-state index in [1.807, 2.05) is 48.5 Å². The third-order valence-corrected chi connectivity index (χ3v) is 6.14. The molecule has 2 N–H and O–H groups in total. The Bertz CT molecular complexity index is 1160. The molecule has 6 heteroatoms. The van der Waals surface area contributed by atoms with Crippen molar-refractivity contribution in [2.75, 3.05) is 44.9 Å². The molecule has 170 valence electrons. The first-order chi connectivity index (χ1) is 15.9. The Kier molecular flexibility index (Phi) is 7.28. The van der Waals surface area contributed by atoms with E-state index in [1.54, 1.807) is 0 Å². The zero-order chi connectivity index (χ0) is 23.4. The van der Waals surface area contributed by atoms with Crippen LogP contribution in [0.15, 0.2) is 77.3 Å². The largest absolute Gasteiger partial charge is 0.354 e. The van der Waals surface area contributed by atoms with Crippen LogP contribution in [0.2, 0.25) is 0 Å². The van der Waals surface area contributed by atoms with Crippen molar-refractivity contribution in [1.29, 1.82) is 0 Å². The molecule has 0 aromatic heterocycles. The summed E-state index contributed by atoms with van der Waals surface area (Å²) in [7, 11) is 6.33. The Labute approximate surface area is 204 Å². The van der Waals surface area contributed by atoms with Crippen LogP contribution in [-0.2, 0) is 11.3 Å². The first-order valence-corrected chi connectivity index (χ1v) is 11.8. The van der Waals surface area contributed by atoms with Gasteiger partial charge >= 0.3 is 0 Å². The lowest BCUT2D eigenvalue weighted by Crippen LogP contribution is -2.28. The number of amides is 1. The third kappa shape index (κ3) is 5.71. The molecule has 33 heavy (non-hydrogen) atoms. The van der Waals surface area contributed by atoms with Gasteiger partial charge in [-0.25, -0.2) is 0 Å². The zero-order valence-corrected chi connectivity index (χ0v) is 20.8. The normalized spacial score (nSPS) is 14.4. The number of likely N-dealkylation sites (N-methyl/N-ethyl adjacent to an activating group) is 2. The average molecular weight is 505 g/mol. The van der Waals surface area contributed by atoms with E-state index in [-0.39, 0.29) is 5.91 Å². The summed E-state index contributed by atoms with van der Waals surface area (Å²) in [6.07, 6.45) is 0. The summed E-state index contributed by atoms with van der Waals surface area (Å²) in [5, 5.41) is 6.53. The molecule has 0 bridgehead atoms. The van der Waals surface area contributed by atoms with Gasteiger partial charge in [-0.05, 0) is 56.5 Å². The van der Waals surface area contributed by atoms with Gasteiger partial charge < -0.3 is 20.4 Å². The molecular weight excluding hydrogens is 476 g/mol. The van der Waals surface area contributed by atoms with Gasteiger partial charge in [0, 0.05) is 35.4 Å². The highest BCUT2D eigenvalue weighted by atomic mass is 79.9. The van der Waals surface area contributed by atoms with Crippen molar-refractivity contribution in [3.05, 3.63) is 94.0 Å². The summed E-state index contributed by atoms with van der Waals surface area (Å²) in [5.41, 5.74) is 6.32. The van der Waals surface area contributed by atoms with E-state index in [0.717, 1.165) is 52.3 Å². The molecule has 4 rings (SSSR count). The molecule has 0 atom stereocenters. The lowest BCUT2D eigenvalue weighted by atomic mass is 10.00. The van der Waals surface area contributed by atoms with Crippen molar-refractivity contribution in [2.24, 2.45) is 0 Å². The van der Waals surface area contributed by atoms with Gasteiger partial charge in [-0.15, -0.1) is 0 Å². The van der Waals surface area contributed by atoms with E-state index in [4.69, 9.17) is 0 Å². The van der Waals surface area contributed by atoms with Crippen molar-refractivity contribution in [2.45, 2.75) is 6.54 Å². The molecule has 3 aromatic rings. The van der Waals surface area contributed by atoms with Gasteiger partial charge in [-0.2, -0.15) is 0 Å². The lowest BCUT2D eigenvalue weighted by Gasteiger charge is -2.20. The highest BCUT2D eigenvalue weighted by molar-refractivity contribution is 9.10. The van der Waals surface area contributed by atoms with Gasteiger partial charge in [0.05, 0.1) is 17.0 Å². The number of nitrogens with zero attached hydrogens (tertiary/aromatic N) is 2. The summed E-state index contributed by atoms with van der Waals surface area (Å²) in [6, 6.07) is 24.3. The number of hydrogen-bond donors (Lipinski definition) is 2. The highest BCUT2D eigenvalue weighted by Gasteiger charge is 2.28. The van der Waals surface area contributed by atoms with Gasteiger partial charge in [0.1, 0.15) is 0 Å². The highest BCUT2D eigenvalue weighted by Crippen LogP contribution is 2.38. The van der Waals surface area contributed by atoms with Gasteiger partial charge in [0.2, 0.25) is 0 Å². The van der Waals surface area contributed by atoms with Crippen LogP contribution in [-0.4, -0.2) is 49.9 Å². The minimum atomic E-state index is -0.103. The van der Waals surface area contributed by atoms with E-state index in [1.165, 1.54) is 5.56 Å². The second-order valence-corrected chi connectivity index (χ2v) is 9.54. The van der Waals surface area contributed by atoms with Crippen LogP contribution in [0.4, 0.5) is 11.4 Å². The fraction of sp³-hybridized carbons (Fsp3) is 0.222. The number of nitrogens with one attached hydrogen (secondary N) is 2. The Morgan fingerprint density at radius 2 is 1.67 bits per heavy atom. The number of rotatable bonds is 8. The van der Waals surface area contributed by atoms with E-state index < -0.39 is 0 Å². The minimum absolute atomic E-state index is 0.103. The predicted octanol–water partition coefficient (Wildman–Crippen LogP) is 5.38. The molecule has 0 spiro atoms. The molecule has 0 radical (unpaired) electrons. The topological polar surface area (TPSA) is 47.6 Å². The van der Waals surface area contributed by atoms with Crippen molar-refractivity contribution in [3.63, 3.8) is 0 Å². The standard InChI is InChI=1S/C27H29BrN4O/c1-31(2)15-16-32(3)18-19-9-12-22(13-10-19)29-26(20-7-5-4-6-8-20)25-23-14-11-21(28)17-24(23)30-27(25)33/h4-14,17,29H,15-16,18H2,1-3H3,(H,30,33)/b26-25-. The Morgan fingerprint density at radius 1 is 0.939 bits per heavy atom. The van der Waals surface area contributed by atoms with Crippen LogP contribution in [0.1, 0.15) is 16.7 Å². The maximum absolute atomic E-state index is 13.0. The molecule has 0 fully saturated rings. The van der Waals surface area contributed by atoms with E-state index in [2.05, 4.69) is 81.8 Å². The number of carbonyl (C=O) groups excluding carboxylic acids is 1. The maximum atomic E-state index is 13.0. The van der Waals surface area contributed by atoms with Crippen molar-refractivity contribution >= 4 is 44.5 Å². The summed E-state index contributed by atoms with van der Waals surface area (Å²) >= 11 is 3.49. The third-order valence-electron chi connectivity index (χ3n) is 5.64.